The van der Waals surface area contributed by atoms with Crippen LogP contribution in [0, 0.1) is 0 Å². The Bertz CT molecular complexity index is 1100. The molecule has 0 aromatic heterocycles. The smallest absolute Gasteiger partial charge is 0.00134 e. The third kappa shape index (κ3) is 1.48. The first-order valence-corrected chi connectivity index (χ1v) is 8.39. The molecule has 0 fully saturated rings. The molecule has 4 aromatic carbocycles. The highest BCUT2D eigenvalue weighted by atomic mass is 14.4. The minimum absolute atomic E-state index is 1.33. The Balaban J connectivity index is 1.69. The maximum Gasteiger partial charge on any atom is -0.00134 e. The fraction of sp³-hybridized carbons (Fsp3) is 0. The lowest BCUT2D eigenvalue weighted by Crippen LogP contribution is -1.80. The van der Waals surface area contributed by atoms with Gasteiger partial charge in [-0.2, -0.15) is 0 Å². The number of hydrogen-bond donors (Lipinski definition) is 0. The lowest BCUT2D eigenvalue weighted by Gasteiger charge is -2.01. The van der Waals surface area contributed by atoms with Crippen LogP contribution in [-0.2, 0) is 0 Å². The van der Waals surface area contributed by atoms with Gasteiger partial charge in [-0.05, 0) is 67.4 Å². The van der Waals surface area contributed by atoms with E-state index in [0.29, 0.717) is 0 Å². The van der Waals surface area contributed by atoms with E-state index in [2.05, 4.69) is 84.9 Å². The summed E-state index contributed by atoms with van der Waals surface area (Å²) in [5.74, 6) is 0. The number of hydrogen-bond acceptors (Lipinski definition) is 0. The van der Waals surface area contributed by atoms with E-state index in [4.69, 9.17) is 0 Å². The van der Waals surface area contributed by atoms with Crippen LogP contribution in [0.4, 0.5) is 0 Å². The van der Waals surface area contributed by atoms with Crippen molar-refractivity contribution in [2.24, 2.45) is 0 Å². The van der Waals surface area contributed by atoms with E-state index in [0.717, 1.165) is 0 Å². The van der Waals surface area contributed by atoms with E-state index < -0.39 is 0 Å². The second-order valence-corrected chi connectivity index (χ2v) is 6.59. The van der Waals surface area contributed by atoms with Crippen molar-refractivity contribution in [2.75, 3.05) is 0 Å². The molecule has 0 nitrogen and oxygen atoms in total. The molecule has 0 saturated carbocycles. The third-order valence-corrected chi connectivity index (χ3v) is 5.30. The highest BCUT2D eigenvalue weighted by Gasteiger charge is 2.34. The summed E-state index contributed by atoms with van der Waals surface area (Å²) in [5.41, 5.74) is 11.1. The number of fused-ring (bicyclic) bond motifs is 5. The van der Waals surface area contributed by atoms with Gasteiger partial charge in [0.1, 0.15) is 0 Å². The molecular weight excluding hydrogens is 288 g/mol. The predicted octanol–water partition coefficient (Wildman–Crippen LogP) is 6.14. The normalized spacial score (nSPS) is 13.7. The molecule has 0 aliphatic heterocycles. The fourth-order valence-electron chi connectivity index (χ4n) is 4.16. The Hall–Kier alpha value is -3.12. The van der Waals surface area contributed by atoms with E-state index in [1.54, 1.807) is 0 Å². The van der Waals surface area contributed by atoms with Crippen LogP contribution < -0.4 is 0 Å². The predicted molar refractivity (Wildman–Crippen MR) is 101 cm³/mol. The Morgan fingerprint density at radius 1 is 0.333 bits per heavy atom. The van der Waals surface area contributed by atoms with Crippen LogP contribution in [0.1, 0.15) is 22.3 Å². The van der Waals surface area contributed by atoms with Crippen molar-refractivity contribution >= 4 is 21.9 Å². The molecule has 0 spiro atoms. The van der Waals surface area contributed by atoms with Crippen molar-refractivity contribution in [1.82, 2.24) is 0 Å². The quantitative estimate of drug-likeness (QED) is 0.316. The van der Waals surface area contributed by atoms with Crippen LogP contribution in [0.3, 0.4) is 0 Å². The molecule has 0 heteroatoms. The van der Waals surface area contributed by atoms with Crippen molar-refractivity contribution in [3.05, 3.63) is 107 Å². The second-order valence-electron chi connectivity index (χ2n) is 6.59. The Morgan fingerprint density at radius 3 is 1.21 bits per heavy atom. The fourth-order valence-corrected chi connectivity index (χ4v) is 4.16. The summed E-state index contributed by atoms with van der Waals surface area (Å²) in [6.45, 7) is 0. The van der Waals surface area contributed by atoms with Crippen molar-refractivity contribution in [3.63, 3.8) is 0 Å². The van der Waals surface area contributed by atoms with E-state index in [-0.39, 0.29) is 0 Å². The monoisotopic (exact) mass is 302 g/mol. The largest absolute Gasteiger partial charge is 0.0616 e. The zero-order valence-corrected chi connectivity index (χ0v) is 13.1. The summed E-state index contributed by atoms with van der Waals surface area (Å²) in [6, 6.07) is 30.9. The lowest BCUT2D eigenvalue weighted by molar-refractivity contribution is 1.65. The van der Waals surface area contributed by atoms with Gasteiger partial charge in [-0.25, -0.2) is 0 Å². The van der Waals surface area contributed by atoms with Gasteiger partial charge < -0.3 is 0 Å². The molecule has 110 valence electrons. The standard InChI is InChI=1S/C24H14/c1-2-8-16-14-22-21(13-15(16)7-1)24(22)23-19-11-5-3-9-17(19)18-10-4-6-12-20(18)23/h1-14H. The zero-order chi connectivity index (χ0) is 15.7. The topological polar surface area (TPSA) is 0 Å². The average molecular weight is 302 g/mol. The van der Waals surface area contributed by atoms with Gasteiger partial charge in [-0.3, -0.25) is 0 Å². The number of rotatable bonds is 0. The summed E-state index contributed by atoms with van der Waals surface area (Å²) in [7, 11) is 0. The molecule has 0 heterocycles. The maximum absolute atomic E-state index is 2.34. The maximum atomic E-state index is 2.34. The first kappa shape index (κ1) is 12.3. The van der Waals surface area contributed by atoms with Crippen molar-refractivity contribution in [3.8, 4) is 11.1 Å². The van der Waals surface area contributed by atoms with Crippen LogP contribution in [-0.4, -0.2) is 0 Å². The minimum Gasteiger partial charge on any atom is -0.0616 e. The molecular formula is C24H14. The minimum atomic E-state index is 1.33. The van der Waals surface area contributed by atoms with Gasteiger partial charge in [0.2, 0.25) is 0 Å². The molecule has 0 bridgehead atoms. The number of benzene rings is 4. The summed E-state index contributed by atoms with van der Waals surface area (Å²) in [6.07, 6.45) is 0. The van der Waals surface area contributed by atoms with Gasteiger partial charge >= 0.3 is 0 Å². The Labute approximate surface area is 140 Å². The van der Waals surface area contributed by atoms with Gasteiger partial charge in [0.25, 0.3) is 0 Å². The van der Waals surface area contributed by atoms with E-state index in [1.807, 2.05) is 0 Å². The molecule has 6 rings (SSSR count). The molecule has 0 radical (unpaired) electrons. The van der Waals surface area contributed by atoms with Crippen LogP contribution in [0.5, 0.6) is 0 Å². The molecule has 0 amide bonds. The molecule has 4 aromatic rings. The van der Waals surface area contributed by atoms with E-state index in [9.17, 15) is 0 Å². The summed E-state index contributed by atoms with van der Waals surface area (Å²) in [4.78, 5) is 0. The molecule has 0 N–H and O–H groups in total. The summed E-state index contributed by atoms with van der Waals surface area (Å²) < 4.78 is 0. The molecule has 24 heavy (non-hydrogen) atoms. The van der Waals surface area contributed by atoms with Gasteiger partial charge in [0, 0.05) is 0 Å². The zero-order valence-electron chi connectivity index (χ0n) is 13.1. The molecule has 0 atom stereocenters. The van der Waals surface area contributed by atoms with Gasteiger partial charge in [-0.15, -0.1) is 0 Å². The van der Waals surface area contributed by atoms with Crippen molar-refractivity contribution in [1.29, 1.82) is 0 Å². The van der Waals surface area contributed by atoms with Crippen molar-refractivity contribution < 1.29 is 0 Å². The first-order valence-electron chi connectivity index (χ1n) is 8.39. The van der Waals surface area contributed by atoms with Gasteiger partial charge in [0.05, 0.1) is 0 Å². The average Bonchev–Trinajstić information content (AvgIpc) is 3.23. The highest BCUT2D eigenvalue weighted by Crippen LogP contribution is 2.55. The van der Waals surface area contributed by atoms with Crippen LogP contribution in [0.2, 0.25) is 0 Å². The van der Waals surface area contributed by atoms with Crippen LogP contribution >= 0.6 is 0 Å². The summed E-state index contributed by atoms with van der Waals surface area (Å²) >= 11 is 0. The van der Waals surface area contributed by atoms with Gasteiger partial charge in [0.15, 0.2) is 0 Å². The molecule has 2 aliphatic carbocycles. The highest BCUT2D eigenvalue weighted by molar-refractivity contribution is 6.22. The first-order chi connectivity index (χ1) is 11.9. The second kappa shape index (κ2) is 4.24. The van der Waals surface area contributed by atoms with E-state index in [1.165, 1.54) is 55.3 Å². The molecule has 2 aliphatic rings. The summed E-state index contributed by atoms with van der Waals surface area (Å²) in [5, 5.41) is 2.65. The van der Waals surface area contributed by atoms with Crippen LogP contribution in [0.25, 0.3) is 33.0 Å². The SMILES string of the molecule is c1ccc2c(c1)C(=C1c3cc4ccccc4cc31)c1ccccc1-2. The van der Waals surface area contributed by atoms with E-state index >= 15 is 0 Å². The third-order valence-electron chi connectivity index (χ3n) is 5.30. The Kier molecular flexibility index (Phi) is 2.18. The lowest BCUT2D eigenvalue weighted by atomic mass is 10.0. The Morgan fingerprint density at radius 2 is 0.708 bits per heavy atom. The van der Waals surface area contributed by atoms with Crippen molar-refractivity contribution in [2.45, 2.75) is 0 Å². The molecule has 0 unspecified atom stereocenters. The van der Waals surface area contributed by atoms with Gasteiger partial charge in [-0.1, -0.05) is 72.8 Å². The van der Waals surface area contributed by atoms with Crippen LogP contribution in [0.15, 0.2) is 84.9 Å². The molecule has 0 saturated heterocycles.